The molecule has 4 rings (SSSR count). The Morgan fingerprint density at radius 2 is 2.08 bits per heavy atom. The lowest BCUT2D eigenvalue weighted by Crippen LogP contribution is -2.42. The predicted octanol–water partition coefficient (Wildman–Crippen LogP) is 3.07. The fraction of sp³-hybridized carbons (Fsp3) is 0.444. The molecule has 1 aliphatic carbocycles. The number of likely N-dealkylation sites (tertiary alicyclic amines) is 1. The van der Waals surface area contributed by atoms with Crippen molar-refractivity contribution in [2.75, 3.05) is 13.1 Å². The first-order valence-electron chi connectivity index (χ1n) is 8.12. The van der Waals surface area contributed by atoms with Crippen LogP contribution in [0.2, 0.25) is 0 Å². The average molecular weight is 349 g/mol. The molecular weight excluding hydrogens is 332 g/mol. The molecule has 0 radical (unpaired) electrons. The Kier molecular flexibility index (Phi) is 4.04. The monoisotopic (exact) mass is 349 g/mol. The largest absolute Gasteiger partial charge is 0.297 e. The molecule has 3 nitrogen and oxygen atoms in total. The van der Waals surface area contributed by atoms with Crippen LogP contribution in [0.4, 0.5) is 8.78 Å². The fourth-order valence-corrected chi connectivity index (χ4v) is 4.61. The number of benzene rings is 1. The lowest BCUT2D eigenvalue weighted by molar-refractivity contribution is -0.126. The first-order chi connectivity index (χ1) is 11.5. The van der Waals surface area contributed by atoms with Gasteiger partial charge in [0.25, 0.3) is 0 Å². The summed E-state index contributed by atoms with van der Waals surface area (Å²) in [4.78, 5) is 26.3. The van der Waals surface area contributed by atoms with E-state index in [0.29, 0.717) is 18.7 Å². The molecule has 2 heterocycles. The van der Waals surface area contributed by atoms with Crippen LogP contribution in [0, 0.1) is 11.7 Å². The smallest absolute Gasteiger partial charge is 0.212 e. The summed E-state index contributed by atoms with van der Waals surface area (Å²) in [5.41, 5.74) is 1.29. The average Bonchev–Trinajstić information content (AvgIpc) is 3.16. The highest BCUT2D eigenvalue weighted by Crippen LogP contribution is 2.43. The third-order valence-electron chi connectivity index (χ3n) is 4.95. The Balaban J connectivity index is 1.65. The summed E-state index contributed by atoms with van der Waals surface area (Å²) in [5, 5.41) is 0.205. The third kappa shape index (κ3) is 2.82. The number of carbonyl (C=O) groups is 2. The molecule has 4 atom stereocenters. The molecule has 24 heavy (non-hydrogen) atoms. The molecule has 3 aliphatic rings. The molecule has 1 aromatic carbocycles. The molecule has 2 fully saturated rings. The number of alkyl halides is 1. The Hall–Kier alpha value is -1.53. The highest BCUT2D eigenvalue weighted by atomic mass is 32.2. The molecular formula is C18H17F2NO2S. The van der Waals surface area contributed by atoms with E-state index >= 15 is 0 Å². The molecule has 126 valence electrons. The Labute approximate surface area is 143 Å². The fourth-order valence-electron chi connectivity index (χ4n) is 3.59. The van der Waals surface area contributed by atoms with Crippen molar-refractivity contribution < 1.29 is 18.4 Å². The maximum atomic E-state index is 14.3. The molecule has 0 spiro atoms. The molecule has 4 unspecified atom stereocenters. The zero-order valence-electron chi connectivity index (χ0n) is 13.0. The summed E-state index contributed by atoms with van der Waals surface area (Å²) < 4.78 is 27.8. The second-order valence-electron chi connectivity index (χ2n) is 6.59. The Morgan fingerprint density at radius 3 is 2.79 bits per heavy atom. The maximum Gasteiger partial charge on any atom is 0.212 e. The number of hydrogen-bond donors (Lipinski definition) is 0. The number of fused-ring (bicyclic) bond motifs is 1. The highest BCUT2D eigenvalue weighted by Gasteiger charge is 2.49. The zero-order chi connectivity index (χ0) is 16.8. The molecule has 6 heteroatoms. The van der Waals surface area contributed by atoms with Crippen molar-refractivity contribution in [2.45, 2.75) is 30.3 Å². The first kappa shape index (κ1) is 16.0. The van der Waals surface area contributed by atoms with Gasteiger partial charge in [-0.15, -0.1) is 0 Å². The lowest BCUT2D eigenvalue weighted by Gasteiger charge is -2.37. The number of rotatable bonds is 4. The summed E-state index contributed by atoms with van der Waals surface area (Å²) in [6, 6.07) is 5.43. The number of ketones is 1. The number of Topliss-reactive ketones (excluding diaryl/α,β-unsaturated/α-hetero) is 1. The molecule has 1 saturated carbocycles. The minimum atomic E-state index is -1.10. The van der Waals surface area contributed by atoms with Gasteiger partial charge < -0.3 is 0 Å². The number of carbonyl (C=O) groups excluding carboxylic acids is 2. The van der Waals surface area contributed by atoms with Crippen molar-refractivity contribution in [3.63, 3.8) is 0 Å². The van der Waals surface area contributed by atoms with Crippen molar-refractivity contribution >= 4 is 22.7 Å². The van der Waals surface area contributed by atoms with Gasteiger partial charge in [0.05, 0.1) is 12.0 Å². The van der Waals surface area contributed by atoms with Crippen molar-refractivity contribution in [3.05, 3.63) is 47.3 Å². The molecule has 1 saturated heterocycles. The molecule has 2 aliphatic heterocycles. The Bertz CT molecular complexity index is 735. The van der Waals surface area contributed by atoms with E-state index in [9.17, 15) is 18.4 Å². The number of halogens is 2. The number of hydrogen-bond acceptors (Lipinski definition) is 4. The van der Waals surface area contributed by atoms with Gasteiger partial charge in [0, 0.05) is 23.9 Å². The number of piperidine rings is 1. The van der Waals surface area contributed by atoms with E-state index in [-0.39, 0.29) is 22.6 Å². The maximum absolute atomic E-state index is 14.3. The number of nitrogens with zero attached hydrogens (tertiary/aromatic N) is 1. The number of thioether (sulfide) groups is 1. The summed E-state index contributed by atoms with van der Waals surface area (Å²) in [6.45, 7) is 1.05. The normalized spacial score (nSPS) is 30.7. The van der Waals surface area contributed by atoms with Crippen LogP contribution in [-0.2, 0) is 9.59 Å². The van der Waals surface area contributed by atoms with Crippen molar-refractivity contribution in [1.29, 1.82) is 0 Å². The van der Waals surface area contributed by atoms with Gasteiger partial charge in [-0.3, -0.25) is 14.5 Å². The molecule has 0 N–H and O–H groups in total. The summed E-state index contributed by atoms with van der Waals surface area (Å²) in [7, 11) is 0. The van der Waals surface area contributed by atoms with Crippen molar-refractivity contribution in [3.8, 4) is 0 Å². The molecule has 1 aromatic rings. The minimum absolute atomic E-state index is 0.0385. The van der Waals surface area contributed by atoms with E-state index < -0.39 is 23.9 Å². The quantitative estimate of drug-likeness (QED) is 0.837. The van der Waals surface area contributed by atoms with Gasteiger partial charge in [0.1, 0.15) is 12.0 Å². The van der Waals surface area contributed by atoms with Gasteiger partial charge in [0.2, 0.25) is 5.12 Å². The zero-order valence-corrected chi connectivity index (χ0v) is 13.8. The second-order valence-corrected chi connectivity index (χ2v) is 7.80. The van der Waals surface area contributed by atoms with Crippen LogP contribution in [0.3, 0.4) is 0 Å². The lowest BCUT2D eigenvalue weighted by atomic mass is 9.93. The van der Waals surface area contributed by atoms with Gasteiger partial charge in [-0.05, 0) is 30.6 Å². The van der Waals surface area contributed by atoms with E-state index in [1.54, 1.807) is 24.3 Å². The van der Waals surface area contributed by atoms with Gasteiger partial charge in [-0.25, -0.2) is 8.78 Å². The van der Waals surface area contributed by atoms with Crippen LogP contribution >= 0.6 is 11.8 Å². The van der Waals surface area contributed by atoms with Gasteiger partial charge in [-0.2, -0.15) is 0 Å². The molecule has 0 bridgehead atoms. The second kappa shape index (κ2) is 6.08. The van der Waals surface area contributed by atoms with Crippen LogP contribution in [0.5, 0.6) is 0 Å². The predicted molar refractivity (Wildman–Crippen MR) is 87.8 cm³/mol. The van der Waals surface area contributed by atoms with Gasteiger partial charge in [-0.1, -0.05) is 30.0 Å². The SMILES string of the molecule is O=C1C=C2CN(C(C(=O)C3CC3F)c3ccccc3F)CCC2S1. The van der Waals surface area contributed by atoms with Crippen LogP contribution in [0.1, 0.15) is 24.4 Å². The summed E-state index contributed by atoms with van der Waals surface area (Å²) in [5.74, 6) is -1.32. The standard InChI is InChI=1S/C18H17F2NO2S/c19-13-4-2-1-3-11(13)17(18(23)12-8-14(12)20)21-6-5-15-10(9-21)7-16(22)24-15/h1-4,7,12,14-15,17H,5-6,8-9H2. The van der Waals surface area contributed by atoms with Gasteiger partial charge in [0.15, 0.2) is 5.78 Å². The van der Waals surface area contributed by atoms with E-state index in [4.69, 9.17) is 0 Å². The highest BCUT2D eigenvalue weighted by molar-refractivity contribution is 8.15. The summed E-state index contributed by atoms with van der Waals surface area (Å²) in [6.07, 6.45) is 1.49. The minimum Gasteiger partial charge on any atom is -0.297 e. The van der Waals surface area contributed by atoms with E-state index in [1.165, 1.54) is 17.8 Å². The third-order valence-corrected chi connectivity index (χ3v) is 6.12. The van der Waals surface area contributed by atoms with Crippen LogP contribution in [-0.4, -0.2) is 40.3 Å². The Morgan fingerprint density at radius 1 is 1.33 bits per heavy atom. The summed E-state index contributed by atoms with van der Waals surface area (Å²) >= 11 is 1.31. The van der Waals surface area contributed by atoms with Crippen LogP contribution in [0.15, 0.2) is 35.9 Å². The van der Waals surface area contributed by atoms with Gasteiger partial charge >= 0.3 is 0 Å². The van der Waals surface area contributed by atoms with E-state index in [1.807, 2.05) is 4.90 Å². The van der Waals surface area contributed by atoms with Crippen molar-refractivity contribution in [1.82, 2.24) is 4.90 Å². The van der Waals surface area contributed by atoms with E-state index in [0.717, 1.165) is 12.0 Å². The van der Waals surface area contributed by atoms with Crippen molar-refractivity contribution in [2.24, 2.45) is 5.92 Å². The molecule has 0 amide bonds. The van der Waals surface area contributed by atoms with E-state index in [2.05, 4.69) is 0 Å². The first-order valence-corrected chi connectivity index (χ1v) is 9.00. The molecule has 0 aromatic heterocycles. The van der Waals surface area contributed by atoms with Crippen LogP contribution in [0.25, 0.3) is 0 Å². The topological polar surface area (TPSA) is 37.4 Å². The van der Waals surface area contributed by atoms with Crippen LogP contribution < -0.4 is 0 Å².